The number of primary amides is 1. The lowest BCUT2D eigenvalue weighted by Crippen LogP contribution is -2.43. The first-order chi connectivity index (χ1) is 9.54. The number of carbonyl (C=O) groups excluding carboxylic acids is 2. The Kier molecular flexibility index (Phi) is 9.12. The van der Waals surface area contributed by atoms with Crippen LogP contribution in [0.5, 0.6) is 0 Å². The molecule has 0 bridgehead atoms. The molecule has 2 fully saturated rings. The summed E-state index contributed by atoms with van der Waals surface area (Å²) in [5.41, 5.74) is 11.1. The second kappa shape index (κ2) is 9.43. The largest absolute Gasteiger partial charge is 0.352 e. The number of hydrogen-bond acceptors (Lipinski definition) is 3. The lowest BCUT2D eigenvalue weighted by atomic mass is 9.71. The van der Waals surface area contributed by atoms with Crippen LogP contribution in [0.15, 0.2) is 0 Å². The van der Waals surface area contributed by atoms with Gasteiger partial charge >= 0.3 is 6.03 Å². The third kappa shape index (κ3) is 5.48. The van der Waals surface area contributed by atoms with Gasteiger partial charge in [0.2, 0.25) is 5.91 Å². The number of urea groups is 1. The van der Waals surface area contributed by atoms with E-state index in [1.54, 1.807) is 4.90 Å². The number of nitrogens with one attached hydrogen (secondary N) is 1. The average molecular weight is 355 g/mol. The van der Waals surface area contributed by atoms with Crippen LogP contribution in [0.1, 0.15) is 44.9 Å². The van der Waals surface area contributed by atoms with Crippen LogP contribution in [-0.2, 0) is 4.79 Å². The van der Waals surface area contributed by atoms with E-state index in [2.05, 4.69) is 5.32 Å². The molecule has 1 saturated heterocycles. The molecule has 130 valence electrons. The number of carbonyl (C=O) groups is 2. The molecule has 0 aromatic rings. The maximum atomic E-state index is 12.2. The summed E-state index contributed by atoms with van der Waals surface area (Å²) in [5, 5.41) is 3.03. The third-order valence-electron chi connectivity index (χ3n) is 4.75. The van der Waals surface area contributed by atoms with Crippen molar-refractivity contribution in [3.05, 3.63) is 0 Å². The van der Waals surface area contributed by atoms with Gasteiger partial charge in [0.05, 0.1) is 0 Å². The number of nitrogens with zero attached hydrogens (tertiary/aromatic N) is 1. The van der Waals surface area contributed by atoms with Crippen LogP contribution < -0.4 is 16.8 Å². The van der Waals surface area contributed by atoms with Gasteiger partial charge < -0.3 is 21.7 Å². The minimum absolute atomic E-state index is 0. The quantitative estimate of drug-likeness (QED) is 0.710. The minimum atomic E-state index is -0.410. The van der Waals surface area contributed by atoms with E-state index in [0.717, 1.165) is 19.3 Å². The van der Waals surface area contributed by atoms with Gasteiger partial charge in [-0.05, 0) is 31.2 Å². The fourth-order valence-electron chi connectivity index (χ4n) is 3.45. The van der Waals surface area contributed by atoms with E-state index >= 15 is 0 Å². The average Bonchev–Trinajstić information content (AvgIpc) is 2.88. The second-order valence-corrected chi connectivity index (χ2v) is 6.28. The van der Waals surface area contributed by atoms with Gasteiger partial charge in [0.1, 0.15) is 0 Å². The van der Waals surface area contributed by atoms with Crippen LogP contribution in [0.25, 0.3) is 0 Å². The zero-order chi connectivity index (χ0) is 14.6. The Balaban J connectivity index is 0.00000220. The molecule has 1 saturated carbocycles. The molecule has 2 rings (SSSR count). The first-order valence-electron chi connectivity index (χ1n) is 7.58. The number of rotatable bonds is 4. The fraction of sp³-hybridized carbons (Fsp3) is 0.857. The predicted molar refractivity (Wildman–Crippen MR) is 91.4 cm³/mol. The van der Waals surface area contributed by atoms with Gasteiger partial charge in [-0.3, -0.25) is 4.79 Å². The molecule has 3 amide bonds. The molecule has 1 atom stereocenters. The van der Waals surface area contributed by atoms with Gasteiger partial charge in [-0.2, -0.15) is 0 Å². The summed E-state index contributed by atoms with van der Waals surface area (Å²) in [5.74, 6) is 0.0636. The summed E-state index contributed by atoms with van der Waals surface area (Å²) < 4.78 is 0. The Morgan fingerprint density at radius 2 is 1.82 bits per heavy atom. The third-order valence-corrected chi connectivity index (χ3v) is 4.75. The van der Waals surface area contributed by atoms with Gasteiger partial charge in [-0.25, -0.2) is 4.79 Å². The summed E-state index contributed by atoms with van der Waals surface area (Å²) in [6.07, 6.45) is 6.98. The van der Waals surface area contributed by atoms with Crippen LogP contribution >= 0.6 is 24.8 Å². The molecular formula is C14H28Cl2N4O2. The molecule has 5 N–H and O–H groups in total. The summed E-state index contributed by atoms with van der Waals surface area (Å²) >= 11 is 0. The summed E-state index contributed by atoms with van der Waals surface area (Å²) in [4.78, 5) is 24.8. The van der Waals surface area contributed by atoms with Crippen molar-refractivity contribution in [3.63, 3.8) is 0 Å². The van der Waals surface area contributed by atoms with Crippen molar-refractivity contribution in [2.75, 3.05) is 19.6 Å². The molecule has 6 nitrogen and oxygen atoms in total. The highest BCUT2D eigenvalue weighted by Crippen LogP contribution is 2.38. The Morgan fingerprint density at radius 3 is 2.32 bits per heavy atom. The summed E-state index contributed by atoms with van der Waals surface area (Å²) in [7, 11) is 0. The van der Waals surface area contributed by atoms with Crippen molar-refractivity contribution in [1.82, 2.24) is 10.2 Å². The highest BCUT2D eigenvalue weighted by molar-refractivity contribution is 5.85. The van der Waals surface area contributed by atoms with Gasteiger partial charge in [-0.15, -0.1) is 24.8 Å². The van der Waals surface area contributed by atoms with Gasteiger partial charge in [0.25, 0.3) is 0 Å². The van der Waals surface area contributed by atoms with Crippen LogP contribution in [0.3, 0.4) is 0 Å². The van der Waals surface area contributed by atoms with E-state index in [1.165, 1.54) is 19.3 Å². The number of nitrogens with two attached hydrogens (primary N) is 2. The Morgan fingerprint density at radius 1 is 1.18 bits per heavy atom. The molecular weight excluding hydrogens is 327 g/mol. The van der Waals surface area contributed by atoms with Crippen LogP contribution in [0.2, 0.25) is 0 Å². The Hall–Kier alpha value is -0.720. The zero-order valence-corrected chi connectivity index (χ0v) is 14.5. The first-order valence-corrected chi connectivity index (χ1v) is 7.58. The monoisotopic (exact) mass is 354 g/mol. The summed E-state index contributed by atoms with van der Waals surface area (Å²) in [6.45, 7) is 1.73. The molecule has 22 heavy (non-hydrogen) atoms. The molecule has 8 heteroatoms. The molecule has 1 aliphatic carbocycles. The van der Waals surface area contributed by atoms with E-state index in [1.807, 2.05) is 0 Å². The Labute approximate surface area is 144 Å². The molecule has 0 aromatic carbocycles. The number of amides is 3. The lowest BCUT2D eigenvalue weighted by Gasteiger charge is -2.36. The second-order valence-electron chi connectivity index (χ2n) is 6.28. The van der Waals surface area contributed by atoms with Crippen LogP contribution in [0, 0.1) is 5.41 Å². The topological polar surface area (TPSA) is 101 Å². The van der Waals surface area contributed by atoms with Crippen molar-refractivity contribution in [2.24, 2.45) is 16.9 Å². The molecule has 2 aliphatic rings. The van der Waals surface area contributed by atoms with Crippen molar-refractivity contribution in [3.8, 4) is 0 Å². The van der Waals surface area contributed by atoms with Crippen molar-refractivity contribution in [2.45, 2.75) is 51.0 Å². The fourth-order valence-corrected chi connectivity index (χ4v) is 3.45. The number of likely N-dealkylation sites (tertiary alicyclic amines) is 1. The van der Waals surface area contributed by atoms with Crippen LogP contribution in [-0.4, -0.2) is 42.5 Å². The van der Waals surface area contributed by atoms with E-state index in [-0.39, 0.29) is 42.2 Å². The van der Waals surface area contributed by atoms with Gasteiger partial charge in [0.15, 0.2) is 0 Å². The van der Waals surface area contributed by atoms with Crippen molar-refractivity contribution >= 4 is 36.8 Å². The normalized spacial score (nSPS) is 23.1. The zero-order valence-electron chi connectivity index (χ0n) is 12.9. The molecule has 0 aromatic heterocycles. The van der Waals surface area contributed by atoms with Gasteiger partial charge in [-0.1, -0.05) is 19.3 Å². The van der Waals surface area contributed by atoms with E-state index < -0.39 is 6.03 Å². The lowest BCUT2D eigenvalue weighted by molar-refractivity contribution is -0.124. The van der Waals surface area contributed by atoms with E-state index in [9.17, 15) is 9.59 Å². The highest BCUT2D eigenvalue weighted by atomic mass is 35.5. The van der Waals surface area contributed by atoms with Crippen molar-refractivity contribution < 1.29 is 9.59 Å². The number of hydrogen-bond donors (Lipinski definition) is 3. The summed E-state index contributed by atoms with van der Waals surface area (Å²) in [6, 6.07) is -0.374. The maximum Gasteiger partial charge on any atom is 0.314 e. The Bertz CT molecular complexity index is 376. The van der Waals surface area contributed by atoms with E-state index in [4.69, 9.17) is 11.5 Å². The highest BCUT2D eigenvalue weighted by Gasteiger charge is 2.34. The van der Waals surface area contributed by atoms with E-state index in [0.29, 0.717) is 26.1 Å². The SMILES string of the molecule is Cl.Cl.NCC1(CC(=O)NC2CCN(C(N)=O)C2)CCCCC1. The minimum Gasteiger partial charge on any atom is -0.352 e. The molecule has 1 aliphatic heterocycles. The smallest absolute Gasteiger partial charge is 0.314 e. The molecule has 0 spiro atoms. The van der Waals surface area contributed by atoms with Gasteiger partial charge in [0, 0.05) is 25.6 Å². The predicted octanol–water partition coefficient (Wildman–Crippen LogP) is 1.40. The molecule has 0 radical (unpaired) electrons. The maximum absolute atomic E-state index is 12.2. The molecule has 1 heterocycles. The van der Waals surface area contributed by atoms with Crippen molar-refractivity contribution in [1.29, 1.82) is 0 Å². The first kappa shape index (κ1) is 21.3. The van der Waals surface area contributed by atoms with Crippen LogP contribution in [0.4, 0.5) is 4.79 Å². The number of halogens is 2. The molecule has 1 unspecified atom stereocenters. The standard InChI is InChI=1S/C14H26N4O2.2ClH/c15-10-14(5-2-1-3-6-14)8-12(19)17-11-4-7-18(9-11)13(16)20;;/h11H,1-10,15H2,(H2,16,20)(H,17,19);2*1H.